The first-order chi connectivity index (χ1) is 14.0. The van der Waals surface area contributed by atoms with Crippen LogP contribution in [0.15, 0.2) is 72.9 Å². The van der Waals surface area contributed by atoms with Crippen LogP contribution in [0.4, 0.5) is 0 Å². The highest BCUT2D eigenvalue weighted by Gasteiger charge is 2.49. The molecule has 1 atom stereocenters. The molecule has 3 rings (SSSR count). The Morgan fingerprint density at radius 3 is 2.10 bits per heavy atom. The molecule has 1 heterocycles. The van der Waals surface area contributed by atoms with Crippen LogP contribution in [0.1, 0.15) is 36.8 Å². The Morgan fingerprint density at radius 1 is 1.00 bits per heavy atom. The number of rotatable bonds is 9. The molecule has 0 radical (unpaired) electrons. The monoisotopic (exact) mass is 407 g/mol. The molecule has 0 N–H and O–H groups in total. The van der Waals surface area contributed by atoms with Crippen LogP contribution in [0, 0.1) is 0 Å². The van der Waals surface area contributed by atoms with E-state index < -0.39 is 13.9 Å². The van der Waals surface area contributed by atoms with Crippen molar-refractivity contribution in [3.05, 3.63) is 84.1 Å². The number of unbranched alkanes of at least 4 members (excludes halogenated alkanes) is 1. The number of hydrogen-bond acceptors (Lipinski definition) is 3. The SMILES string of the molecule is C[Si](C)(C)OC(c1ccccc1)(c1ccccc1)[C@@H]1CCCN1/C=C/CCC=O. The van der Waals surface area contributed by atoms with Crippen LogP contribution in [0.2, 0.25) is 19.6 Å². The lowest BCUT2D eigenvalue weighted by atomic mass is 9.79. The molecule has 1 aliphatic heterocycles. The average molecular weight is 408 g/mol. The molecule has 1 saturated heterocycles. The van der Waals surface area contributed by atoms with Gasteiger partial charge in [-0.2, -0.15) is 0 Å². The Balaban J connectivity index is 2.13. The molecule has 0 aliphatic carbocycles. The third-order valence-electron chi connectivity index (χ3n) is 5.38. The molecular formula is C25H33NO2Si. The van der Waals surface area contributed by atoms with Gasteiger partial charge in [0.2, 0.25) is 0 Å². The summed E-state index contributed by atoms with van der Waals surface area (Å²) in [6.07, 6.45) is 8.87. The summed E-state index contributed by atoms with van der Waals surface area (Å²) < 4.78 is 7.15. The van der Waals surface area contributed by atoms with E-state index in [1.54, 1.807) is 0 Å². The van der Waals surface area contributed by atoms with Crippen LogP contribution in [-0.2, 0) is 14.8 Å². The van der Waals surface area contributed by atoms with Crippen molar-refractivity contribution in [3.8, 4) is 0 Å². The van der Waals surface area contributed by atoms with E-state index >= 15 is 0 Å². The Bertz CT molecular complexity index is 759. The topological polar surface area (TPSA) is 29.5 Å². The van der Waals surface area contributed by atoms with Crippen LogP contribution in [0.25, 0.3) is 0 Å². The number of hydrogen-bond donors (Lipinski definition) is 0. The van der Waals surface area contributed by atoms with Crippen LogP contribution < -0.4 is 0 Å². The zero-order chi connectivity index (χ0) is 20.7. The Labute approximate surface area is 176 Å². The van der Waals surface area contributed by atoms with Gasteiger partial charge in [-0.3, -0.25) is 0 Å². The third-order valence-corrected chi connectivity index (χ3v) is 6.32. The molecule has 0 aromatic heterocycles. The lowest BCUT2D eigenvalue weighted by molar-refractivity contribution is -0.107. The van der Waals surface area contributed by atoms with Gasteiger partial charge >= 0.3 is 0 Å². The molecule has 3 nitrogen and oxygen atoms in total. The maximum Gasteiger partial charge on any atom is 0.185 e. The predicted molar refractivity (Wildman–Crippen MR) is 122 cm³/mol. The Morgan fingerprint density at radius 2 is 1.59 bits per heavy atom. The van der Waals surface area contributed by atoms with E-state index in [-0.39, 0.29) is 6.04 Å². The molecule has 29 heavy (non-hydrogen) atoms. The zero-order valence-electron chi connectivity index (χ0n) is 17.9. The van der Waals surface area contributed by atoms with E-state index in [2.05, 4.69) is 97.5 Å². The molecule has 2 aromatic rings. The molecule has 154 valence electrons. The lowest BCUT2D eigenvalue weighted by Crippen LogP contribution is -2.53. The van der Waals surface area contributed by atoms with Gasteiger partial charge in [0.05, 0.1) is 6.04 Å². The van der Waals surface area contributed by atoms with E-state index in [1.807, 2.05) is 0 Å². The van der Waals surface area contributed by atoms with Crippen molar-refractivity contribution in [2.45, 2.75) is 57.0 Å². The second-order valence-electron chi connectivity index (χ2n) is 8.71. The fourth-order valence-corrected chi connectivity index (χ4v) is 5.71. The van der Waals surface area contributed by atoms with Crippen molar-refractivity contribution < 1.29 is 9.22 Å². The molecule has 0 bridgehead atoms. The molecule has 0 amide bonds. The minimum atomic E-state index is -1.90. The van der Waals surface area contributed by atoms with Gasteiger partial charge in [0, 0.05) is 13.0 Å². The van der Waals surface area contributed by atoms with Gasteiger partial charge in [-0.1, -0.05) is 66.7 Å². The van der Waals surface area contributed by atoms with E-state index in [4.69, 9.17) is 4.43 Å². The summed E-state index contributed by atoms with van der Waals surface area (Å²) in [5, 5.41) is 0. The molecule has 1 fully saturated rings. The smallest absolute Gasteiger partial charge is 0.185 e. The van der Waals surface area contributed by atoms with Crippen molar-refractivity contribution in [1.29, 1.82) is 0 Å². The predicted octanol–water partition coefficient (Wildman–Crippen LogP) is 5.74. The van der Waals surface area contributed by atoms with Crippen molar-refractivity contribution >= 4 is 14.6 Å². The number of allylic oxidation sites excluding steroid dienone is 1. The molecule has 0 saturated carbocycles. The number of benzene rings is 2. The number of carbonyl (C=O) groups is 1. The van der Waals surface area contributed by atoms with E-state index in [0.717, 1.165) is 32.1 Å². The van der Waals surface area contributed by atoms with Crippen LogP contribution in [0.5, 0.6) is 0 Å². The van der Waals surface area contributed by atoms with Gasteiger partial charge in [-0.05, 0) is 56.2 Å². The Hall–Kier alpha value is -2.17. The van der Waals surface area contributed by atoms with Crippen molar-refractivity contribution in [2.24, 2.45) is 0 Å². The first-order valence-corrected chi connectivity index (χ1v) is 14.1. The summed E-state index contributed by atoms with van der Waals surface area (Å²) in [4.78, 5) is 13.1. The van der Waals surface area contributed by atoms with Crippen molar-refractivity contribution in [3.63, 3.8) is 0 Å². The summed E-state index contributed by atoms with van der Waals surface area (Å²) in [6.45, 7) is 7.82. The first-order valence-electron chi connectivity index (χ1n) is 10.6. The second-order valence-corrected chi connectivity index (χ2v) is 13.1. The highest BCUT2D eigenvalue weighted by atomic mass is 28.4. The standard InChI is InChI=1S/C25H33NO2Si/c1-29(2,3)28-25(22-14-7-4-8-15-22,23-16-9-5-10-17-23)24-18-13-20-26(24)19-11-6-12-21-27/h4-5,7-11,14-17,19,21,24H,6,12-13,18,20H2,1-3H3/b19-11+/t24-/m0/s1. The van der Waals surface area contributed by atoms with Gasteiger partial charge in [0.15, 0.2) is 8.32 Å². The van der Waals surface area contributed by atoms with Crippen LogP contribution in [0.3, 0.4) is 0 Å². The second kappa shape index (κ2) is 9.55. The van der Waals surface area contributed by atoms with E-state index in [0.29, 0.717) is 6.42 Å². The average Bonchev–Trinajstić information content (AvgIpc) is 3.19. The third kappa shape index (κ3) is 5.06. The van der Waals surface area contributed by atoms with Gasteiger partial charge in [0.25, 0.3) is 0 Å². The number of aldehydes is 1. The number of nitrogens with zero attached hydrogens (tertiary/aromatic N) is 1. The summed E-state index contributed by atoms with van der Waals surface area (Å²) in [6, 6.07) is 21.6. The van der Waals surface area contributed by atoms with Crippen LogP contribution >= 0.6 is 0 Å². The lowest BCUT2D eigenvalue weighted by Gasteiger charge is -2.47. The minimum absolute atomic E-state index is 0.214. The zero-order valence-corrected chi connectivity index (χ0v) is 18.9. The van der Waals surface area contributed by atoms with Gasteiger partial charge in [-0.25, -0.2) is 0 Å². The molecule has 2 aromatic carbocycles. The normalized spacial score (nSPS) is 17.8. The minimum Gasteiger partial charge on any atom is -0.402 e. The first kappa shape index (κ1) is 21.5. The fraction of sp³-hybridized carbons (Fsp3) is 0.400. The highest BCUT2D eigenvalue weighted by Crippen LogP contribution is 2.45. The van der Waals surface area contributed by atoms with Crippen LogP contribution in [-0.4, -0.2) is 32.1 Å². The van der Waals surface area contributed by atoms with E-state index in [9.17, 15) is 4.79 Å². The van der Waals surface area contributed by atoms with Gasteiger partial charge in [0.1, 0.15) is 11.9 Å². The summed E-state index contributed by atoms with van der Waals surface area (Å²) >= 11 is 0. The van der Waals surface area contributed by atoms with Crippen molar-refractivity contribution in [1.82, 2.24) is 4.90 Å². The van der Waals surface area contributed by atoms with Crippen molar-refractivity contribution in [2.75, 3.05) is 6.54 Å². The maximum atomic E-state index is 10.7. The molecule has 0 unspecified atom stereocenters. The van der Waals surface area contributed by atoms with E-state index in [1.165, 1.54) is 11.1 Å². The highest BCUT2D eigenvalue weighted by molar-refractivity contribution is 6.69. The summed E-state index contributed by atoms with van der Waals surface area (Å²) in [5.41, 5.74) is 1.91. The van der Waals surface area contributed by atoms with Gasteiger partial charge < -0.3 is 14.1 Å². The number of carbonyl (C=O) groups excluding carboxylic acids is 1. The molecular weight excluding hydrogens is 374 g/mol. The summed E-state index contributed by atoms with van der Waals surface area (Å²) in [7, 11) is -1.90. The maximum absolute atomic E-state index is 10.7. The molecule has 0 spiro atoms. The Kier molecular flexibility index (Phi) is 7.09. The quantitative estimate of drug-likeness (QED) is 0.302. The largest absolute Gasteiger partial charge is 0.402 e. The molecule has 1 aliphatic rings. The summed E-state index contributed by atoms with van der Waals surface area (Å²) in [5.74, 6) is 0. The van der Waals surface area contributed by atoms with Gasteiger partial charge in [-0.15, -0.1) is 0 Å². The molecule has 4 heteroatoms. The fourth-order valence-electron chi connectivity index (χ4n) is 4.37. The number of likely N-dealkylation sites (tertiary alicyclic amines) is 1.